The fourth-order valence-electron chi connectivity index (χ4n) is 4.35. The van der Waals surface area contributed by atoms with Gasteiger partial charge in [-0.15, -0.1) is 0 Å². The van der Waals surface area contributed by atoms with Gasteiger partial charge in [-0.25, -0.2) is 8.93 Å². The van der Waals surface area contributed by atoms with E-state index in [-0.39, 0.29) is 11.6 Å². The molecule has 6 heteroatoms. The summed E-state index contributed by atoms with van der Waals surface area (Å²) in [6, 6.07) is 12.2. The molecule has 1 aromatic heterocycles. The molecule has 2 aromatic carbocycles. The maximum atomic E-state index is 13.0. The SMILES string of the molecule is CC(C)(C)NS(=O)c1ccc(-c2oc(N)nc2CC2CCCCC2)c2ccccc12. The quantitative estimate of drug-likeness (QED) is 0.557. The van der Waals surface area contributed by atoms with Gasteiger partial charge in [0.05, 0.1) is 10.6 Å². The highest BCUT2D eigenvalue weighted by Gasteiger charge is 2.23. The average Bonchev–Trinajstić information content (AvgIpc) is 3.06. The van der Waals surface area contributed by atoms with Crippen LogP contribution in [0.15, 0.2) is 45.7 Å². The summed E-state index contributed by atoms with van der Waals surface area (Å²) >= 11 is 0. The summed E-state index contributed by atoms with van der Waals surface area (Å²) in [5, 5.41) is 1.95. The minimum absolute atomic E-state index is 0.210. The van der Waals surface area contributed by atoms with Crippen LogP contribution in [0, 0.1) is 5.92 Å². The van der Waals surface area contributed by atoms with Crippen molar-refractivity contribution in [3.63, 3.8) is 0 Å². The number of oxazole rings is 1. The predicted octanol–water partition coefficient (Wildman–Crippen LogP) is 5.61. The molecule has 1 heterocycles. The second kappa shape index (κ2) is 8.52. The van der Waals surface area contributed by atoms with Gasteiger partial charge in [-0.05, 0) is 56.0 Å². The number of aromatic nitrogens is 1. The molecule has 0 radical (unpaired) electrons. The fourth-order valence-corrected chi connectivity index (χ4v) is 5.58. The lowest BCUT2D eigenvalue weighted by Gasteiger charge is -2.21. The van der Waals surface area contributed by atoms with Crippen molar-refractivity contribution < 1.29 is 8.63 Å². The number of hydrogen-bond donors (Lipinski definition) is 2. The molecule has 4 rings (SSSR count). The van der Waals surface area contributed by atoms with Crippen molar-refractivity contribution in [2.45, 2.75) is 69.7 Å². The number of nitrogens with zero attached hydrogens (tertiary/aromatic N) is 1. The normalized spacial score (nSPS) is 16.8. The van der Waals surface area contributed by atoms with E-state index >= 15 is 0 Å². The summed E-state index contributed by atoms with van der Waals surface area (Å²) in [5.74, 6) is 1.38. The molecule has 3 N–H and O–H groups in total. The molecule has 1 unspecified atom stereocenters. The maximum absolute atomic E-state index is 13.0. The van der Waals surface area contributed by atoms with Crippen molar-refractivity contribution in [1.29, 1.82) is 0 Å². The number of benzene rings is 2. The van der Waals surface area contributed by atoms with E-state index in [9.17, 15) is 4.21 Å². The highest BCUT2D eigenvalue weighted by Crippen LogP contribution is 2.37. The largest absolute Gasteiger partial charge is 0.423 e. The second-order valence-corrected chi connectivity index (χ2v) is 10.5. The minimum Gasteiger partial charge on any atom is -0.423 e. The van der Waals surface area contributed by atoms with E-state index in [0.29, 0.717) is 5.92 Å². The Morgan fingerprint density at radius 3 is 2.50 bits per heavy atom. The first-order valence-corrected chi connectivity index (χ1v) is 11.9. The molecule has 0 aliphatic heterocycles. The molecule has 3 aromatic rings. The highest BCUT2D eigenvalue weighted by atomic mass is 32.2. The number of nitrogens with two attached hydrogens (primary N) is 1. The van der Waals surface area contributed by atoms with E-state index in [0.717, 1.165) is 39.1 Å². The number of nitrogens with one attached hydrogen (secondary N) is 1. The Morgan fingerprint density at radius 1 is 1.10 bits per heavy atom. The molecule has 160 valence electrons. The zero-order valence-corrected chi connectivity index (χ0v) is 18.8. The molecule has 0 amide bonds. The van der Waals surface area contributed by atoms with Crippen LogP contribution in [0.4, 0.5) is 6.01 Å². The van der Waals surface area contributed by atoms with E-state index in [1.165, 1.54) is 32.1 Å². The van der Waals surface area contributed by atoms with Crippen LogP contribution in [0.1, 0.15) is 58.6 Å². The van der Waals surface area contributed by atoms with E-state index in [1.54, 1.807) is 0 Å². The standard InChI is InChI=1S/C24H31N3O2S/c1-24(2,3)27-30(28)21-14-13-19(17-11-7-8-12-18(17)21)22-20(26-23(25)29-22)15-16-9-5-4-6-10-16/h7-8,11-14,16,27H,4-6,9-10,15H2,1-3H3,(H2,25,26). The first-order valence-electron chi connectivity index (χ1n) is 10.8. The molecule has 0 saturated heterocycles. The Kier molecular flexibility index (Phi) is 5.98. The molecule has 1 atom stereocenters. The van der Waals surface area contributed by atoms with Crippen LogP contribution in [0.3, 0.4) is 0 Å². The summed E-state index contributed by atoms with van der Waals surface area (Å²) in [5.41, 5.74) is 7.62. The molecule has 0 spiro atoms. The van der Waals surface area contributed by atoms with Gasteiger partial charge in [-0.1, -0.05) is 56.4 Å². The second-order valence-electron chi connectivity index (χ2n) is 9.31. The van der Waals surface area contributed by atoms with E-state index < -0.39 is 11.0 Å². The van der Waals surface area contributed by atoms with Gasteiger partial charge in [0.1, 0.15) is 11.0 Å². The van der Waals surface area contributed by atoms with Gasteiger partial charge in [0, 0.05) is 11.1 Å². The Hall–Kier alpha value is -2.18. The number of rotatable bonds is 5. The maximum Gasteiger partial charge on any atom is 0.292 e. The molecular weight excluding hydrogens is 394 g/mol. The van der Waals surface area contributed by atoms with Crippen LogP contribution >= 0.6 is 0 Å². The van der Waals surface area contributed by atoms with Crippen molar-refractivity contribution >= 4 is 27.8 Å². The topological polar surface area (TPSA) is 81.2 Å². The number of nitrogen functional groups attached to an aromatic ring is 1. The van der Waals surface area contributed by atoms with E-state index in [2.05, 4.69) is 9.71 Å². The molecule has 1 aliphatic rings. The molecule has 1 fully saturated rings. The van der Waals surface area contributed by atoms with Gasteiger partial charge in [0.25, 0.3) is 6.01 Å². The smallest absolute Gasteiger partial charge is 0.292 e. The van der Waals surface area contributed by atoms with Crippen LogP contribution < -0.4 is 10.5 Å². The minimum atomic E-state index is -1.32. The van der Waals surface area contributed by atoms with Crippen LogP contribution in [0.2, 0.25) is 0 Å². The Balaban J connectivity index is 1.76. The van der Waals surface area contributed by atoms with Gasteiger partial charge >= 0.3 is 0 Å². The lowest BCUT2D eigenvalue weighted by atomic mass is 9.85. The first-order chi connectivity index (χ1) is 14.3. The lowest BCUT2D eigenvalue weighted by Crippen LogP contribution is -2.37. The molecule has 1 saturated carbocycles. The molecule has 30 heavy (non-hydrogen) atoms. The summed E-state index contributed by atoms with van der Waals surface area (Å²) in [7, 11) is -1.32. The summed E-state index contributed by atoms with van der Waals surface area (Å²) in [4.78, 5) is 5.30. The molecule has 0 bridgehead atoms. The Morgan fingerprint density at radius 2 is 1.80 bits per heavy atom. The van der Waals surface area contributed by atoms with Crippen LogP contribution in [0.5, 0.6) is 0 Å². The van der Waals surface area contributed by atoms with Crippen molar-refractivity contribution in [2.24, 2.45) is 5.92 Å². The molecular formula is C24H31N3O2S. The third kappa shape index (κ3) is 4.60. The fraction of sp³-hybridized carbons (Fsp3) is 0.458. The van der Waals surface area contributed by atoms with E-state index in [4.69, 9.17) is 10.2 Å². The van der Waals surface area contributed by atoms with Crippen LogP contribution in [0.25, 0.3) is 22.1 Å². The van der Waals surface area contributed by atoms with E-state index in [1.807, 2.05) is 57.2 Å². The van der Waals surface area contributed by atoms with Gasteiger partial charge in [-0.2, -0.15) is 4.98 Å². The Bertz CT molecular complexity index is 1060. The van der Waals surface area contributed by atoms with Crippen molar-refractivity contribution in [3.8, 4) is 11.3 Å². The van der Waals surface area contributed by atoms with Crippen molar-refractivity contribution in [2.75, 3.05) is 5.73 Å². The lowest BCUT2D eigenvalue weighted by molar-refractivity contribution is 0.354. The Labute approximate surface area is 181 Å². The predicted molar refractivity (Wildman–Crippen MR) is 123 cm³/mol. The third-order valence-electron chi connectivity index (χ3n) is 5.65. The summed E-state index contributed by atoms with van der Waals surface area (Å²) < 4.78 is 22.1. The summed E-state index contributed by atoms with van der Waals surface area (Å²) in [6.45, 7) is 6.03. The van der Waals surface area contributed by atoms with Crippen LogP contribution in [-0.4, -0.2) is 14.7 Å². The molecule has 5 nitrogen and oxygen atoms in total. The van der Waals surface area contributed by atoms with Crippen LogP contribution in [-0.2, 0) is 17.4 Å². The third-order valence-corrected chi connectivity index (χ3v) is 7.20. The van der Waals surface area contributed by atoms with Crippen molar-refractivity contribution in [3.05, 3.63) is 42.1 Å². The summed E-state index contributed by atoms with van der Waals surface area (Å²) in [6.07, 6.45) is 7.28. The van der Waals surface area contributed by atoms with Gasteiger partial charge in [0.15, 0.2) is 5.76 Å². The van der Waals surface area contributed by atoms with Gasteiger partial charge in [0.2, 0.25) is 0 Å². The molecule has 1 aliphatic carbocycles. The van der Waals surface area contributed by atoms with Gasteiger partial charge < -0.3 is 10.2 Å². The average molecular weight is 426 g/mol. The number of fused-ring (bicyclic) bond motifs is 1. The monoisotopic (exact) mass is 425 g/mol. The first kappa shape index (κ1) is 21.1. The highest BCUT2D eigenvalue weighted by molar-refractivity contribution is 7.83. The zero-order chi connectivity index (χ0) is 21.3. The zero-order valence-electron chi connectivity index (χ0n) is 18.0. The number of hydrogen-bond acceptors (Lipinski definition) is 4. The van der Waals surface area contributed by atoms with Crippen molar-refractivity contribution in [1.82, 2.24) is 9.71 Å². The number of anilines is 1. The van der Waals surface area contributed by atoms with Gasteiger partial charge in [-0.3, -0.25) is 0 Å².